The fourth-order valence-electron chi connectivity index (χ4n) is 2.78. The van der Waals surface area contributed by atoms with Gasteiger partial charge in [-0.3, -0.25) is 14.3 Å². The Morgan fingerprint density at radius 1 is 1.41 bits per heavy atom. The molecule has 1 aliphatic heterocycles. The number of hydrogen-bond donors (Lipinski definition) is 0. The molecule has 0 bridgehead atoms. The molecule has 7 nitrogen and oxygen atoms in total. The minimum atomic E-state index is -0.283. The summed E-state index contributed by atoms with van der Waals surface area (Å²) in [6, 6.07) is 1.78. The van der Waals surface area contributed by atoms with Gasteiger partial charge in [0.2, 0.25) is 0 Å². The predicted octanol–water partition coefficient (Wildman–Crippen LogP) is 1.58. The molecule has 116 valence electrons. The summed E-state index contributed by atoms with van der Waals surface area (Å²) in [6.07, 6.45) is 5.91. The van der Waals surface area contributed by atoms with Crippen molar-refractivity contribution in [3.63, 3.8) is 0 Å². The zero-order chi connectivity index (χ0) is 15.5. The Hall–Kier alpha value is -2.44. The number of aromatic nitrogens is 3. The molecule has 1 fully saturated rings. The number of amides is 1. The number of pyridine rings is 1. The summed E-state index contributed by atoms with van der Waals surface area (Å²) in [5, 5.41) is 0.526. The molecule has 3 rings (SSSR count). The summed E-state index contributed by atoms with van der Waals surface area (Å²) in [5.41, 5.74) is 0.577. The SMILES string of the molecule is CCOC(=O)N1CCC(n2cnc3ccncc3c2=O)CC1. The molecule has 22 heavy (non-hydrogen) atoms. The third-order valence-electron chi connectivity index (χ3n) is 3.97. The number of ether oxygens (including phenoxy) is 1. The number of rotatable bonds is 2. The molecule has 0 radical (unpaired) electrons. The highest BCUT2D eigenvalue weighted by Gasteiger charge is 2.25. The van der Waals surface area contributed by atoms with Gasteiger partial charge in [-0.15, -0.1) is 0 Å². The second kappa shape index (κ2) is 6.13. The van der Waals surface area contributed by atoms with E-state index in [9.17, 15) is 9.59 Å². The monoisotopic (exact) mass is 302 g/mol. The van der Waals surface area contributed by atoms with Crippen LogP contribution in [-0.4, -0.2) is 45.2 Å². The average Bonchev–Trinajstić information content (AvgIpc) is 2.56. The molecule has 2 aromatic rings. The lowest BCUT2D eigenvalue weighted by Crippen LogP contribution is -2.41. The van der Waals surface area contributed by atoms with Crippen LogP contribution >= 0.6 is 0 Å². The van der Waals surface area contributed by atoms with E-state index in [0.29, 0.717) is 43.4 Å². The Balaban J connectivity index is 1.78. The molecular weight excluding hydrogens is 284 g/mol. The summed E-state index contributed by atoms with van der Waals surface area (Å²) in [4.78, 5) is 34.2. The third-order valence-corrected chi connectivity index (χ3v) is 3.97. The van der Waals surface area contributed by atoms with E-state index in [2.05, 4.69) is 9.97 Å². The molecular formula is C15H18N4O3. The van der Waals surface area contributed by atoms with Gasteiger partial charge in [-0.25, -0.2) is 9.78 Å². The molecule has 1 saturated heterocycles. The Morgan fingerprint density at radius 2 is 2.18 bits per heavy atom. The molecule has 0 saturated carbocycles. The van der Waals surface area contributed by atoms with Crippen molar-refractivity contribution in [1.29, 1.82) is 0 Å². The van der Waals surface area contributed by atoms with E-state index >= 15 is 0 Å². The van der Waals surface area contributed by atoms with Crippen LogP contribution in [0.25, 0.3) is 10.9 Å². The van der Waals surface area contributed by atoms with Gasteiger partial charge in [0.15, 0.2) is 0 Å². The van der Waals surface area contributed by atoms with Crippen molar-refractivity contribution in [2.75, 3.05) is 19.7 Å². The molecule has 7 heteroatoms. The fourth-order valence-corrected chi connectivity index (χ4v) is 2.78. The Kier molecular flexibility index (Phi) is 4.04. The number of carbonyl (C=O) groups is 1. The van der Waals surface area contributed by atoms with E-state index in [-0.39, 0.29) is 17.7 Å². The highest BCUT2D eigenvalue weighted by Crippen LogP contribution is 2.21. The molecule has 1 aliphatic rings. The lowest BCUT2D eigenvalue weighted by Gasteiger charge is -2.32. The second-order valence-electron chi connectivity index (χ2n) is 5.27. The Morgan fingerprint density at radius 3 is 2.91 bits per heavy atom. The first-order chi connectivity index (χ1) is 10.7. The number of carbonyl (C=O) groups excluding carboxylic acids is 1. The molecule has 0 spiro atoms. The number of nitrogens with zero attached hydrogens (tertiary/aromatic N) is 4. The molecule has 0 aliphatic carbocycles. The highest BCUT2D eigenvalue weighted by atomic mass is 16.6. The topological polar surface area (TPSA) is 77.3 Å². The van der Waals surface area contributed by atoms with Gasteiger partial charge in [0.25, 0.3) is 5.56 Å². The molecule has 0 unspecified atom stereocenters. The van der Waals surface area contributed by atoms with Gasteiger partial charge < -0.3 is 9.64 Å². The minimum Gasteiger partial charge on any atom is -0.450 e. The van der Waals surface area contributed by atoms with E-state index in [1.807, 2.05) is 0 Å². The average molecular weight is 302 g/mol. The summed E-state index contributed by atoms with van der Waals surface area (Å²) in [7, 11) is 0. The number of likely N-dealkylation sites (tertiary alicyclic amines) is 1. The van der Waals surface area contributed by atoms with Crippen molar-refractivity contribution in [2.45, 2.75) is 25.8 Å². The van der Waals surface area contributed by atoms with Gasteiger partial charge in [-0.2, -0.15) is 0 Å². The van der Waals surface area contributed by atoms with Crippen LogP contribution in [0.15, 0.2) is 29.6 Å². The van der Waals surface area contributed by atoms with E-state index in [4.69, 9.17) is 4.74 Å². The van der Waals surface area contributed by atoms with Crippen molar-refractivity contribution in [2.24, 2.45) is 0 Å². The minimum absolute atomic E-state index is 0.0512. The van der Waals surface area contributed by atoms with Crippen LogP contribution in [-0.2, 0) is 4.74 Å². The van der Waals surface area contributed by atoms with E-state index in [1.54, 1.807) is 41.2 Å². The fraction of sp³-hybridized carbons (Fsp3) is 0.467. The second-order valence-corrected chi connectivity index (χ2v) is 5.27. The van der Waals surface area contributed by atoms with Gasteiger partial charge in [0.05, 0.1) is 23.8 Å². The Bertz CT molecular complexity index is 735. The molecule has 0 N–H and O–H groups in total. The van der Waals surface area contributed by atoms with Crippen LogP contribution in [0.1, 0.15) is 25.8 Å². The maximum absolute atomic E-state index is 12.5. The van der Waals surface area contributed by atoms with Crippen molar-refractivity contribution in [1.82, 2.24) is 19.4 Å². The molecule has 1 amide bonds. The summed E-state index contributed by atoms with van der Waals surface area (Å²) in [6.45, 7) is 3.33. The summed E-state index contributed by atoms with van der Waals surface area (Å²) in [5.74, 6) is 0. The summed E-state index contributed by atoms with van der Waals surface area (Å²) < 4.78 is 6.66. The first-order valence-electron chi connectivity index (χ1n) is 7.43. The Labute approximate surface area is 127 Å². The zero-order valence-electron chi connectivity index (χ0n) is 12.4. The largest absolute Gasteiger partial charge is 0.450 e. The summed E-state index contributed by atoms with van der Waals surface area (Å²) >= 11 is 0. The van der Waals surface area contributed by atoms with Crippen LogP contribution < -0.4 is 5.56 Å². The molecule has 0 atom stereocenters. The van der Waals surface area contributed by atoms with E-state index in [0.717, 1.165) is 0 Å². The van der Waals surface area contributed by atoms with Crippen LogP contribution in [0.2, 0.25) is 0 Å². The van der Waals surface area contributed by atoms with Gasteiger partial charge in [0, 0.05) is 31.5 Å². The van der Waals surface area contributed by atoms with Crippen LogP contribution in [0.4, 0.5) is 4.79 Å². The van der Waals surface area contributed by atoms with Crippen molar-refractivity contribution >= 4 is 17.0 Å². The van der Waals surface area contributed by atoms with Gasteiger partial charge >= 0.3 is 6.09 Å². The maximum Gasteiger partial charge on any atom is 0.409 e. The smallest absolute Gasteiger partial charge is 0.409 e. The molecule has 3 heterocycles. The normalized spacial score (nSPS) is 16.0. The van der Waals surface area contributed by atoms with Crippen LogP contribution in [0, 0.1) is 0 Å². The van der Waals surface area contributed by atoms with Crippen LogP contribution in [0.5, 0.6) is 0 Å². The first kappa shape index (κ1) is 14.5. The zero-order valence-corrected chi connectivity index (χ0v) is 12.4. The lowest BCUT2D eigenvalue weighted by molar-refractivity contribution is 0.0923. The molecule has 0 aromatic carbocycles. The standard InChI is InChI=1S/C15H18N4O3/c1-2-22-15(21)18-7-4-11(5-8-18)19-10-17-13-3-6-16-9-12(13)14(19)20/h3,6,9-11H,2,4-5,7-8H2,1H3. The van der Waals surface area contributed by atoms with Gasteiger partial charge in [0.1, 0.15) is 0 Å². The van der Waals surface area contributed by atoms with Gasteiger partial charge in [-0.05, 0) is 25.8 Å². The van der Waals surface area contributed by atoms with Crippen molar-refractivity contribution in [3.05, 3.63) is 35.1 Å². The van der Waals surface area contributed by atoms with Crippen molar-refractivity contribution < 1.29 is 9.53 Å². The number of piperidine rings is 1. The quantitative estimate of drug-likeness (QED) is 0.842. The molecule has 2 aromatic heterocycles. The predicted molar refractivity (Wildman–Crippen MR) is 80.7 cm³/mol. The van der Waals surface area contributed by atoms with Crippen molar-refractivity contribution in [3.8, 4) is 0 Å². The maximum atomic E-state index is 12.5. The van der Waals surface area contributed by atoms with E-state index < -0.39 is 0 Å². The first-order valence-corrected chi connectivity index (χ1v) is 7.43. The number of hydrogen-bond acceptors (Lipinski definition) is 5. The number of fused-ring (bicyclic) bond motifs is 1. The van der Waals surface area contributed by atoms with E-state index in [1.165, 1.54) is 0 Å². The van der Waals surface area contributed by atoms with Gasteiger partial charge in [-0.1, -0.05) is 0 Å². The highest BCUT2D eigenvalue weighted by molar-refractivity contribution is 5.75. The van der Waals surface area contributed by atoms with Crippen LogP contribution in [0.3, 0.4) is 0 Å². The lowest BCUT2D eigenvalue weighted by atomic mass is 10.1. The third kappa shape index (κ3) is 2.66.